The first-order valence-corrected chi connectivity index (χ1v) is 11.2. The number of hydrogen-bond donors (Lipinski definition) is 1. The molecular weight excluding hydrogens is 385 g/mol. The van der Waals surface area contributed by atoms with E-state index in [-0.39, 0.29) is 5.82 Å². The quantitative estimate of drug-likeness (QED) is 0.357. The molecule has 3 rings (SSSR count). The summed E-state index contributed by atoms with van der Waals surface area (Å²) in [4.78, 5) is 12.4. The fourth-order valence-corrected chi connectivity index (χ4v) is 4.47. The van der Waals surface area contributed by atoms with Crippen LogP contribution in [0.2, 0.25) is 0 Å². The fourth-order valence-electron chi connectivity index (χ4n) is 3.58. The molecule has 1 aromatic carbocycles. The number of rotatable bonds is 11. The molecule has 1 N–H and O–H groups in total. The maximum absolute atomic E-state index is 14.8. The number of thiophene rings is 1. The lowest BCUT2D eigenvalue weighted by Gasteiger charge is -2.12. The molecule has 0 radical (unpaired) electrons. The summed E-state index contributed by atoms with van der Waals surface area (Å²) in [6.07, 6.45) is 10.1. The molecule has 3 aromatic rings. The van der Waals surface area contributed by atoms with E-state index in [1.165, 1.54) is 30.6 Å². The predicted octanol–water partition coefficient (Wildman–Crippen LogP) is 6.67. The van der Waals surface area contributed by atoms with Crippen LogP contribution in [0.15, 0.2) is 48.7 Å². The Morgan fingerprint density at radius 1 is 1.03 bits per heavy atom. The molecule has 0 aliphatic carbocycles. The van der Waals surface area contributed by atoms with Gasteiger partial charge in [0.05, 0.1) is 5.69 Å². The highest BCUT2D eigenvalue weighted by atomic mass is 32.1. The Balaban J connectivity index is 1.60. The lowest BCUT2D eigenvalue weighted by molar-refractivity contribution is 0.0702. The number of nitrogens with zero attached hydrogens (tertiary/aromatic N) is 1. The lowest BCUT2D eigenvalue weighted by atomic mass is 10.1. The van der Waals surface area contributed by atoms with Crippen LogP contribution in [0.25, 0.3) is 5.69 Å². The maximum Gasteiger partial charge on any atom is 0.345 e. The summed E-state index contributed by atoms with van der Waals surface area (Å²) in [5.41, 5.74) is 2.71. The van der Waals surface area contributed by atoms with Gasteiger partial charge in [-0.2, -0.15) is 0 Å². The second-order valence-electron chi connectivity index (χ2n) is 7.39. The smallest absolute Gasteiger partial charge is 0.345 e. The van der Waals surface area contributed by atoms with Gasteiger partial charge in [0.15, 0.2) is 0 Å². The van der Waals surface area contributed by atoms with E-state index in [0.29, 0.717) is 10.6 Å². The van der Waals surface area contributed by atoms with Gasteiger partial charge in [0.25, 0.3) is 0 Å². The zero-order valence-corrected chi connectivity index (χ0v) is 17.7. The van der Waals surface area contributed by atoms with Crippen molar-refractivity contribution in [3.63, 3.8) is 0 Å². The van der Waals surface area contributed by atoms with E-state index >= 15 is 0 Å². The van der Waals surface area contributed by atoms with Gasteiger partial charge in [-0.1, -0.05) is 32.3 Å². The molecule has 0 saturated carbocycles. The van der Waals surface area contributed by atoms with Crippen molar-refractivity contribution in [2.45, 2.75) is 58.3 Å². The van der Waals surface area contributed by atoms with Crippen molar-refractivity contribution in [2.24, 2.45) is 0 Å². The van der Waals surface area contributed by atoms with Crippen molar-refractivity contribution < 1.29 is 14.3 Å². The Labute approximate surface area is 175 Å². The van der Waals surface area contributed by atoms with Gasteiger partial charge in [0, 0.05) is 16.8 Å². The first kappa shape index (κ1) is 21.3. The van der Waals surface area contributed by atoms with Crippen LogP contribution in [0.3, 0.4) is 0 Å². The summed E-state index contributed by atoms with van der Waals surface area (Å²) >= 11 is 1.33. The van der Waals surface area contributed by atoms with Gasteiger partial charge in [-0.05, 0) is 74.1 Å². The zero-order valence-electron chi connectivity index (χ0n) is 16.9. The summed E-state index contributed by atoms with van der Waals surface area (Å²) in [7, 11) is 0. The third-order valence-corrected chi connectivity index (χ3v) is 6.29. The molecule has 5 heteroatoms. The fraction of sp³-hybridized carbons (Fsp3) is 0.375. The van der Waals surface area contributed by atoms with Crippen LogP contribution in [0.4, 0.5) is 4.39 Å². The molecule has 154 valence electrons. The lowest BCUT2D eigenvalue weighted by Crippen LogP contribution is -2.03. The zero-order chi connectivity index (χ0) is 20.6. The number of aromatic nitrogens is 1. The van der Waals surface area contributed by atoms with Crippen molar-refractivity contribution in [1.82, 2.24) is 4.57 Å². The van der Waals surface area contributed by atoms with E-state index < -0.39 is 5.97 Å². The second kappa shape index (κ2) is 10.4. The Morgan fingerprint density at radius 3 is 2.62 bits per heavy atom. The number of aryl methyl sites for hydroxylation is 3. The van der Waals surface area contributed by atoms with Crippen LogP contribution in [0, 0.1) is 5.82 Å². The number of unbranched alkanes of at least 4 members (excludes halogenated alkanes) is 3. The van der Waals surface area contributed by atoms with Crippen molar-refractivity contribution in [1.29, 1.82) is 0 Å². The minimum Gasteiger partial charge on any atom is -0.477 e. The maximum atomic E-state index is 14.8. The second-order valence-corrected chi connectivity index (χ2v) is 8.56. The molecule has 0 atom stereocenters. The SMILES string of the molecule is CCCCCCc1ccc(-n2cccc2CCCc2ccc(C(=O)O)s2)c(F)c1. The summed E-state index contributed by atoms with van der Waals surface area (Å²) in [5.74, 6) is -1.06. The number of aromatic carboxylic acids is 1. The predicted molar refractivity (Wildman–Crippen MR) is 117 cm³/mol. The molecule has 2 heterocycles. The number of hydrogen-bond acceptors (Lipinski definition) is 2. The Bertz CT molecular complexity index is 944. The van der Waals surface area contributed by atoms with Crippen LogP contribution in [0.1, 0.15) is 64.8 Å². The molecule has 0 unspecified atom stereocenters. The van der Waals surface area contributed by atoms with Crippen molar-refractivity contribution >= 4 is 17.3 Å². The summed E-state index contributed by atoms with van der Waals surface area (Å²) in [6, 6.07) is 13.1. The van der Waals surface area contributed by atoms with E-state index in [4.69, 9.17) is 5.11 Å². The van der Waals surface area contributed by atoms with Crippen LogP contribution in [-0.4, -0.2) is 15.6 Å². The van der Waals surface area contributed by atoms with Gasteiger partial charge < -0.3 is 9.67 Å². The summed E-state index contributed by atoms with van der Waals surface area (Å²) in [6.45, 7) is 2.19. The highest BCUT2D eigenvalue weighted by molar-refractivity contribution is 7.13. The van der Waals surface area contributed by atoms with E-state index in [2.05, 4.69) is 6.92 Å². The Kier molecular flexibility index (Phi) is 7.64. The van der Waals surface area contributed by atoms with Gasteiger partial charge in [0.1, 0.15) is 10.7 Å². The van der Waals surface area contributed by atoms with Gasteiger partial charge in [-0.25, -0.2) is 9.18 Å². The highest BCUT2D eigenvalue weighted by Crippen LogP contribution is 2.22. The number of carbonyl (C=O) groups is 1. The van der Waals surface area contributed by atoms with Gasteiger partial charge in [0.2, 0.25) is 0 Å². The molecule has 0 fully saturated rings. The largest absolute Gasteiger partial charge is 0.477 e. The van der Waals surface area contributed by atoms with E-state index in [1.54, 1.807) is 12.1 Å². The van der Waals surface area contributed by atoms with Crippen molar-refractivity contribution in [2.75, 3.05) is 0 Å². The summed E-state index contributed by atoms with van der Waals surface area (Å²) in [5, 5.41) is 9.03. The Hall–Kier alpha value is -2.40. The van der Waals surface area contributed by atoms with E-state index in [9.17, 15) is 9.18 Å². The van der Waals surface area contributed by atoms with Crippen molar-refractivity contribution in [3.05, 3.63) is 75.5 Å². The minimum absolute atomic E-state index is 0.181. The number of carboxylic acid groups (broad SMARTS) is 1. The molecule has 2 aromatic heterocycles. The van der Waals surface area contributed by atoms with Crippen LogP contribution in [0.5, 0.6) is 0 Å². The third-order valence-electron chi connectivity index (χ3n) is 5.15. The first-order chi connectivity index (χ1) is 14.1. The van der Waals surface area contributed by atoms with Gasteiger partial charge >= 0.3 is 5.97 Å². The number of benzene rings is 1. The van der Waals surface area contributed by atoms with Gasteiger partial charge in [-0.15, -0.1) is 11.3 Å². The molecule has 0 spiro atoms. The van der Waals surface area contributed by atoms with Gasteiger partial charge in [-0.3, -0.25) is 0 Å². The van der Waals surface area contributed by atoms with E-state index in [1.807, 2.05) is 41.1 Å². The monoisotopic (exact) mass is 413 g/mol. The molecule has 0 aliphatic heterocycles. The molecule has 0 saturated heterocycles. The van der Waals surface area contributed by atoms with E-state index in [0.717, 1.165) is 48.2 Å². The molecule has 0 aliphatic rings. The van der Waals surface area contributed by atoms with Crippen LogP contribution < -0.4 is 0 Å². The standard InChI is InChI=1S/C24H28FNO2S/c1-2-3-4-5-8-18-12-14-22(21(25)17-18)26-16-7-10-19(26)9-6-11-20-13-15-23(29-20)24(27)28/h7,10,12-17H,2-6,8-9,11H2,1H3,(H,27,28). The minimum atomic E-state index is -0.876. The Morgan fingerprint density at radius 2 is 1.90 bits per heavy atom. The van der Waals surface area contributed by atoms with Crippen molar-refractivity contribution in [3.8, 4) is 5.69 Å². The summed E-state index contributed by atoms with van der Waals surface area (Å²) < 4.78 is 16.7. The molecule has 29 heavy (non-hydrogen) atoms. The average molecular weight is 414 g/mol. The normalized spacial score (nSPS) is 11.1. The number of halogens is 1. The molecular formula is C24H28FNO2S. The number of carboxylic acids is 1. The first-order valence-electron chi connectivity index (χ1n) is 10.4. The average Bonchev–Trinajstić information content (AvgIpc) is 3.35. The molecule has 0 amide bonds. The highest BCUT2D eigenvalue weighted by Gasteiger charge is 2.11. The third kappa shape index (κ3) is 5.80. The topological polar surface area (TPSA) is 42.2 Å². The molecule has 0 bridgehead atoms. The van der Waals surface area contributed by atoms with Crippen LogP contribution >= 0.6 is 11.3 Å². The molecule has 3 nitrogen and oxygen atoms in total. The van der Waals surface area contributed by atoms with Crippen LogP contribution in [-0.2, 0) is 19.3 Å².